The molecule has 3 nitrogen and oxygen atoms in total. The van der Waals surface area contributed by atoms with Gasteiger partial charge in [0.15, 0.2) is 0 Å². The van der Waals surface area contributed by atoms with Crippen molar-refractivity contribution in [3.63, 3.8) is 0 Å². The van der Waals surface area contributed by atoms with Crippen LogP contribution in [0.5, 0.6) is 0 Å². The second kappa shape index (κ2) is 5.46. The van der Waals surface area contributed by atoms with Gasteiger partial charge in [-0.1, -0.05) is 6.42 Å². The molecule has 96 valence electrons. The molecule has 1 saturated heterocycles. The number of aryl methyl sites for hydroxylation is 1. The van der Waals surface area contributed by atoms with Gasteiger partial charge in [0.1, 0.15) is 0 Å². The number of piperidine rings is 1. The number of rotatable bonds is 3. The number of likely N-dealkylation sites (tertiary alicyclic amines) is 1. The standard InChI is InChI=1S/C13H23N3S/c1-9-5-4-6-12(7-14)16(9)10(2)13-8-17-11(3)15-13/h8-10,12H,4-7,14H2,1-3H3. The van der Waals surface area contributed by atoms with E-state index < -0.39 is 0 Å². The molecule has 1 aliphatic heterocycles. The van der Waals surface area contributed by atoms with Crippen molar-refractivity contribution in [1.29, 1.82) is 0 Å². The van der Waals surface area contributed by atoms with Crippen molar-refractivity contribution in [3.05, 3.63) is 16.1 Å². The minimum atomic E-state index is 0.392. The van der Waals surface area contributed by atoms with Gasteiger partial charge in [-0.3, -0.25) is 4.90 Å². The normalized spacial score (nSPS) is 28.2. The van der Waals surface area contributed by atoms with Crippen LogP contribution in [0.15, 0.2) is 5.38 Å². The molecular formula is C13H23N3S. The molecule has 0 radical (unpaired) electrons. The minimum Gasteiger partial charge on any atom is -0.329 e. The topological polar surface area (TPSA) is 42.2 Å². The number of nitrogens with zero attached hydrogens (tertiary/aromatic N) is 2. The minimum absolute atomic E-state index is 0.392. The molecule has 2 N–H and O–H groups in total. The van der Waals surface area contributed by atoms with Crippen LogP contribution in [-0.2, 0) is 0 Å². The fraction of sp³-hybridized carbons (Fsp3) is 0.769. The summed E-state index contributed by atoms with van der Waals surface area (Å²) in [5.74, 6) is 0. The number of nitrogens with two attached hydrogens (primary N) is 1. The molecule has 1 aliphatic rings. The maximum absolute atomic E-state index is 5.92. The molecule has 2 rings (SSSR count). The first-order chi connectivity index (χ1) is 8.13. The van der Waals surface area contributed by atoms with Crippen molar-refractivity contribution in [2.75, 3.05) is 6.54 Å². The van der Waals surface area contributed by atoms with E-state index in [9.17, 15) is 0 Å². The first-order valence-corrected chi connectivity index (χ1v) is 7.41. The van der Waals surface area contributed by atoms with Crippen LogP contribution in [0, 0.1) is 6.92 Å². The Balaban J connectivity index is 2.17. The molecule has 17 heavy (non-hydrogen) atoms. The Morgan fingerprint density at radius 1 is 1.59 bits per heavy atom. The molecule has 2 heterocycles. The average molecular weight is 253 g/mol. The smallest absolute Gasteiger partial charge is 0.0898 e. The van der Waals surface area contributed by atoms with Gasteiger partial charge in [0.25, 0.3) is 0 Å². The lowest BCUT2D eigenvalue weighted by Crippen LogP contribution is -2.49. The number of hydrogen-bond acceptors (Lipinski definition) is 4. The highest BCUT2D eigenvalue weighted by molar-refractivity contribution is 7.09. The van der Waals surface area contributed by atoms with Crippen LogP contribution in [0.1, 0.15) is 49.9 Å². The average Bonchev–Trinajstić information content (AvgIpc) is 2.74. The zero-order valence-corrected chi connectivity index (χ0v) is 11.8. The summed E-state index contributed by atoms with van der Waals surface area (Å²) in [5.41, 5.74) is 7.13. The van der Waals surface area contributed by atoms with Crippen molar-refractivity contribution >= 4 is 11.3 Å². The summed E-state index contributed by atoms with van der Waals surface area (Å²) in [6.45, 7) is 7.41. The first-order valence-electron chi connectivity index (χ1n) is 6.53. The van der Waals surface area contributed by atoms with Crippen molar-refractivity contribution < 1.29 is 0 Å². The predicted octanol–water partition coefficient (Wildman–Crippen LogP) is 2.71. The lowest BCUT2D eigenvalue weighted by Gasteiger charge is -2.43. The number of aromatic nitrogens is 1. The van der Waals surface area contributed by atoms with Gasteiger partial charge in [-0.25, -0.2) is 4.98 Å². The Hall–Kier alpha value is -0.450. The van der Waals surface area contributed by atoms with E-state index in [4.69, 9.17) is 5.73 Å². The molecule has 0 amide bonds. The third-order valence-corrected chi connectivity index (χ3v) is 4.67. The molecule has 0 spiro atoms. The molecule has 3 atom stereocenters. The summed E-state index contributed by atoms with van der Waals surface area (Å²) in [4.78, 5) is 7.19. The summed E-state index contributed by atoms with van der Waals surface area (Å²) in [5, 5.41) is 3.34. The van der Waals surface area contributed by atoms with Crippen LogP contribution in [0.25, 0.3) is 0 Å². The molecule has 1 fully saturated rings. The zero-order valence-electron chi connectivity index (χ0n) is 11.0. The van der Waals surface area contributed by atoms with E-state index in [0.29, 0.717) is 18.1 Å². The van der Waals surface area contributed by atoms with E-state index in [1.807, 2.05) is 0 Å². The van der Waals surface area contributed by atoms with Crippen LogP contribution in [0.4, 0.5) is 0 Å². The predicted molar refractivity (Wildman–Crippen MR) is 73.3 cm³/mol. The van der Waals surface area contributed by atoms with Crippen molar-refractivity contribution in [1.82, 2.24) is 9.88 Å². The highest BCUT2D eigenvalue weighted by atomic mass is 32.1. The number of thiazole rings is 1. The summed E-state index contributed by atoms with van der Waals surface area (Å²) in [6.07, 6.45) is 3.82. The van der Waals surface area contributed by atoms with Gasteiger partial charge in [0.2, 0.25) is 0 Å². The Morgan fingerprint density at radius 2 is 2.35 bits per heavy atom. The largest absolute Gasteiger partial charge is 0.329 e. The molecule has 0 aliphatic carbocycles. The quantitative estimate of drug-likeness (QED) is 0.900. The van der Waals surface area contributed by atoms with Gasteiger partial charge >= 0.3 is 0 Å². The Morgan fingerprint density at radius 3 is 2.94 bits per heavy atom. The molecule has 1 aromatic heterocycles. The van der Waals surface area contributed by atoms with E-state index >= 15 is 0 Å². The third-order valence-electron chi connectivity index (χ3n) is 3.87. The van der Waals surface area contributed by atoms with Crippen LogP contribution in [-0.4, -0.2) is 28.5 Å². The van der Waals surface area contributed by atoms with Crippen LogP contribution >= 0.6 is 11.3 Å². The summed E-state index contributed by atoms with van der Waals surface area (Å²) < 4.78 is 0. The summed E-state index contributed by atoms with van der Waals surface area (Å²) in [7, 11) is 0. The van der Waals surface area contributed by atoms with Gasteiger partial charge < -0.3 is 5.73 Å². The molecule has 1 aromatic rings. The van der Waals surface area contributed by atoms with E-state index in [1.165, 1.54) is 25.0 Å². The van der Waals surface area contributed by atoms with E-state index in [2.05, 4.69) is 36.0 Å². The van der Waals surface area contributed by atoms with Crippen molar-refractivity contribution in [2.45, 2.75) is 58.2 Å². The molecular weight excluding hydrogens is 230 g/mol. The second-order valence-electron chi connectivity index (χ2n) is 5.08. The number of hydrogen-bond donors (Lipinski definition) is 1. The fourth-order valence-corrected chi connectivity index (χ4v) is 3.67. The summed E-state index contributed by atoms with van der Waals surface area (Å²) >= 11 is 1.74. The highest BCUT2D eigenvalue weighted by Gasteiger charge is 2.32. The first kappa shape index (κ1) is 13.0. The maximum atomic E-state index is 5.92. The Kier molecular flexibility index (Phi) is 4.17. The van der Waals surface area contributed by atoms with E-state index in [-0.39, 0.29) is 0 Å². The molecule has 0 bridgehead atoms. The lowest BCUT2D eigenvalue weighted by molar-refractivity contribution is 0.0555. The van der Waals surface area contributed by atoms with Crippen molar-refractivity contribution in [3.8, 4) is 0 Å². The molecule has 0 saturated carbocycles. The van der Waals surface area contributed by atoms with Gasteiger partial charge in [-0.2, -0.15) is 0 Å². The Labute approximate surface area is 108 Å². The van der Waals surface area contributed by atoms with E-state index in [0.717, 1.165) is 11.6 Å². The van der Waals surface area contributed by atoms with Gasteiger partial charge in [0, 0.05) is 24.0 Å². The van der Waals surface area contributed by atoms with Crippen molar-refractivity contribution in [2.24, 2.45) is 5.73 Å². The Bertz CT molecular complexity index is 363. The highest BCUT2D eigenvalue weighted by Crippen LogP contribution is 2.32. The molecule has 3 unspecified atom stereocenters. The SMILES string of the molecule is Cc1nc(C(C)N2C(C)CCCC2CN)cs1. The van der Waals surface area contributed by atoms with E-state index in [1.54, 1.807) is 11.3 Å². The molecule has 0 aromatic carbocycles. The van der Waals surface area contributed by atoms with Gasteiger partial charge in [-0.05, 0) is 33.6 Å². The maximum Gasteiger partial charge on any atom is 0.0898 e. The lowest BCUT2D eigenvalue weighted by atomic mass is 9.94. The van der Waals surface area contributed by atoms with Crippen LogP contribution < -0.4 is 5.73 Å². The van der Waals surface area contributed by atoms with Crippen LogP contribution in [0.2, 0.25) is 0 Å². The molecule has 4 heteroatoms. The fourth-order valence-electron chi connectivity index (χ4n) is 2.97. The zero-order chi connectivity index (χ0) is 12.4. The second-order valence-corrected chi connectivity index (χ2v) is 6.15. The van der Waals surface area contributed by atoms with Gasteiger partial charge in [-0.15, -0.1) is 11.3 Å². The monoisotopic (exact) mass is 253 g/mol. The van der Waals surface area contributed by atoms with Gasteiger partial charge in [0.05, 0.1) is 16.7 Å². The van der Waals surface area contributed by atoms with Crippen LogP contribution in [0.3, 0.4) is 0 Å². The summed E-state index contributed by atoms with van der Waals surface area (Å²) in [6, 6.07) is 1.54. The third kappa shape index (κ3) is 2.69.